The Bertz CT molecular complexity index is 458. The average molecular weight is 267 g/mol. The van der Waals surface area contributed by atoms with Crippen LogP contribution in [-0.4, -0.2) is 47.7 Å². The third kappa shape index (κ3) is 4.84. The van der Waals surface area contributed by atoms with E-state index in [2.05, 4.69) is 5.32 Å². The van der Waals surface area contributed by atoms with Gasteiger partial charge in [-0.05, 0) is 34.0 Å². The third-order valence-electron chi connectivity index (χ3n) is 2.74. The fraction of sp³-hybridized carbons (Fsp3) is 0.538. The second-order valence-electron chi connectivity index (χ2n) is 5.35. The second-order valence-corrected chi connectivity index (χ2v) is 5.35. The lowest BCUT2D eigenvalue weighted by atomic mass is 10.1. The van der Waals surface area contributed by atoms with Gasteiger partial charge in [0.05, 0.1) is 10.5 Å². The molecule has 0 amide bonds. The molecular weight excluding hydrogens is 246 g/mol. The van der Waals surface area contributed by atoms with Crippen molar-refractivity contribution in [1.29, 1.82) is 0 Å². The molecule has 106 valence electrons. The van der Waals surface area contributed by atoms with Crippen LogP contribution in [0.3, 0.4) is 0 Å². The zero-order valence-corrected chi connectivity index (χ0v) is 11.8. The molecule has 1 aromatic carbocycles. The van der Waals surface area contributed by atoms with Crippen molar-refractivity contribution in [2.45, 2.75) is 19.4 Å². The summed E-state index contributed by atoms with van der Waals surface area (Å²) in [6.07, 6.45) is 0. The first-order chi connectivity index (χ1) is 8.71. The Morgan fingerprint density at radius 3 is 2.63 bits per heavy atom. The lowest BCUT2D eigenvalue weighted by molar-refractivity contribution is -0.385. The molecular formula is C13H21N3O3. The van der Waals surface area contributed by atoms with Gasteiger partial charge in [-0.1, -0.05) is 6.07 Å². The predicted molar refractivity (Wildman–Crippen MR) is 75.5 cm³/mol. The topological polar surface area (TPSA) is 78.6 Å². The van der Waals surface area contributed by atoms with Gasteiger partial charge in [-0.3, -0.25) is 10.1 Å². The summed E-state index contributed by atoms with van der Waals surface area (Å²) in [6, 6.07) is 4.95. The van der Waals surface area contributed by atoms with E-state index in [-0.39, 0.29) is 5.69 Å². The van der Waals surface area contributed by atoms with E-state index < -0.39 is 10.5 Å². The number of nitro groups is 1. The smallest absolute Gasteiger partial charge is 0.274 e. The molecule has 1 atom stereocenters. The number of nitrogens with one attached hydrogen (secondary N) is 1. The number of aliphatic hydroxyl groups is 1. The van der Waals surface area contributed by atoms with Crippen molar-refractivity contribution in [3.63, 3.8) is 0 Å². The summed E-state index contributed by atoms with van der Waals surface area (Å²) in [7, 11) is 3.76. The van der Waals surface area contributed by atoms with Gasteiger partial charge < -0.3 is 15.3 Å². The van der Waals surface area contributed by atoms with Crippen molar-refractivity contribution in [1.82, 2.24) is 4.90 Å². The summed E-state index contributed by atoms with van der Waals surface area (Å²) in [5, 5.41) is 24.0. The first kappa shape index (κ1) is 15.4. The number of nitro benzene ring substituents is 1. The van der Waals surface area contributed by atoms with Crippen LogP contribution < -0.4 is 5.32 Å². The fourth-order valence-corrected chi connectivity index (χ4v) is 1.95. The highest BCUT2D eigenvalue weighted by atomic mass is 16.6. The fourth-order valence-electron chi connectivity index (χ4n) is 1.95. The van der Waals surface area contributed by atoms with Crippen LogP contribution in [0.2, 0.25) is 0 Å². The normalized spacial score (nSPS) is 14.2. The van der Waals surface area contributed by atoms with E-state index in [0.29, 0.717) is 24.3 Å². The number of aryl methyl sites for hydroxylation is 1. The maximum Gasteiger partial charge on any atom is 0.274 e. The van der Waals surface area contributed by atoms with E-state index >= 15 is 0 Å². The van der Waals surface area contributed by atoms with Crippen LogP contribution in [0.5, 0.6) is 0 Å². The summed E-state index contributed by atoms with van der Waals surface area (Å²) in [5.41, 5.74) is 0.438. The van der Waals surface area contributed by atoms with Gasteiger partial charge >= 0.3 is 0 Å². The highest BCUT2D eigenvalue weighted by Gasteiger charge is 2.21. The largest absolute Gasteiger partial charge is 0.387 e. The molecule has 0 aliphatic carbocycles. The highest BCUT2D eigenvalue weighted by molar-refractivity contribution is 5.55. The van der Waals surface area contributed by atoms with Crippen molar-refractivity contribution in [2.24, 2.45) is 0 Å². The minimum atomic E-state index is -0.900. The summed E-state index contributed by atoms with van der Waals surface area (Å²) in [5.74, 6) is 0. The number of anilines is 1. The predicted octanol–water partition coefficient (Wildman–Crippen LogP) is 1.63. The van der Waals surface area contributed by atoms with Crippen molar-refractivity contribution in [2.75, 3.05) is 32.5 Å². The Morgan fingerprint density at radius 2 is 2.11 bits per heavy atom. The van der Waals surface area contributed by atoms with E-state index in [1.165, 1.54) is 6.07 Å². The van der Waals surface area contributed by atoms with Gasteiger partial charge in [-0.25, -0.2) is 0 Å². The zero-order valence-electron chi connectivity index (χ0n) is 11.8. The molecule has 1 unspecified atom stereocenters. The molecule has 0 aliphatic heterocycles. The zero-order chi connectivity index (χ0) is 14.6. The van der Waals surface area contributed by atoms with Gasteiger partial charge in [0, 0.05) is 30.4 Å². The Morgan fingerprint density at radius 1 is 1.47 bits per heavy atom. The second kappa shape index (κ2) is 5.99. The molecule has 2 N–H and O–H groups in total. The van der Waals surface area contributed by atoms with Crippen molar-refractivity contribution < 1.29 is 10.0 Å². The van der Waals surface area contributed by atoms with Crippen LogP contribution in [0, 0.1) is 17.0 Å². The van der Waals surface area contributed by atoms with Crippen molar-refractivity contribution >= 4 is 11.4 Å². The van der Waals surface area contributed by atoms with Crippen LogP contribution in [0.25, 0.3) is 0 Å². The Balaban J connectivity index is 2.73. The molecule has 1 rings (SSSR count). The Hall–Kier alpha value is -1.66. The molecule has 0 saturated carbocycles. The maximum absolute atomic E-state index is 10.8. The Labute approximate surface area is 113 Å². The molecule has 6 nitrogen and oxygen atoms in total. The van der Waals surface area contributed by atoms with Gasteiger partial charge in [0.25, 0.3) is 5.69 Å². The van der Waals surface area contributed by atoms with E-state index in [4.69, 9.17) is 0 Å². The lowest BCUT2D eigenvalue weighted by Gasteiger charge is -2.27. The summed E-state index contributed by atoms with van der Waals surface area (Å²) < 4.78 is 0. The van der Waals surface area contributed by atoms with E-state index in [1.54, 1.807) is 26.0 Å². The number of hydrogen-bond donors (Lipinski definition) is 2. The summed E-state index contributed by atoms with van der Waals surface area (Å²) in [6.45, 7) is 4.26. The van der Waals surface area contributed by atoms with E-state index in [0.717, 1.165) is 0 Å². The third-order valence-corrected chi connectivity index (χ3v) is 2.74. The first-order valence-corrected chi connectivity index (χ1v) is 6.07. The SMILES string of the molecule is Cc1ccc(NCC(C)(O)CN(C)C)cc1[N+](=O)[O-]. The van der Waals surface area contributed by atoms with E-state index in [9.17, 15) is 15.2 Å². The molecule has 0 aromatic heterocycles. The molecule has 19 heavy (non-hydrogen) atoms. The van der Waals surface area contributed by atoms with Crippen LogP contribution in [0.4, 0.5) is 11.4 Å². The average Bonchev–Trinajstić information content (AvgIpc) is 2.26. The molecule has 0 fully saturated rings. The monoisotopic (exact) mass is 267 g/mol. The number of nitrogens with zero attached hydrogens (tertiary/aromatic N) is 2. The first-order valence-electron chi connectivity index (χ1n) is 6.07. The molecule has 0 aliphatic rings. The van der Waals surface area contributed by atoms with Gasteiger partial charge in [-0.15, -0.1) is 0 Å². The van der Waals surface area contributed by atoms with Crippen LogP contribution in [-0.2, 0) is 0 Å². The molecule has 1 aromatic rings. The molecule has 0 heterocycles. The van der Waals surface area contributed by atoms with Gasteiger partial charge in [0.1, 0.15) is 0 Å². The maximum atomic E-state index is 10.8. The highest BCUT2D eigenvalue weighted by Crippen LogP contribution is 2.22. The number of rotatable bonds is 6. The number of hydrogen-bond acceptors (Lipinski definition) is 5. The molecule has 6 heteroatoms. The molecule has 0 bridgehead atoms. The lowest BCUT2D eigenvalue weighted by Crippen LogP contribution is -2.43. The van der Waals surface area contributed by atoms with E-state index in [1.807, 2.05) is 19.0 Å². The van der Waals surface area contributed by atoms with Crippen LogP contribution in [0.15, 0.2) is 18.2 Å². The van der Waals surface area contributed by atoms with Crippen molar-refractivity contribution in [3.8, 4) is 0 Å². The van der Waals surface area contributed by atoms with Gasteiger partial charge in [-0.2, -0.15) is 0 Å². The summed E-state index contributed by atoms with van der Waals surface area (Å²) >= 11 is 0. The van der Waals surface area contributed by atoms with Crippen molar-refractivity contribution in [3.05, 3.63) is 33.9 Å². The Kier molecular flexibility index (Phi) is 4.85. The minimum Gasteiger partial charge on any atom is -0.387 e. The molecule has 0 saturated heterocycles. The molecule has 0 radical (unpaired) electrons. The van der Waals surface area contributed by atoms with Crippen LogP contribution in [0.1, 0.15) is 12.5 Å². The number of benzene rings is 1. The summed E-state index contributed by atoms with van der Waals surface area (Å²) in [4.78, 5) is 12.3. The number of likely N-dealkylation sites (N-methyl/N-ethyl adjacent to an activating group) is 1. The molecule has 0 spiro atoms. The quantitative estimate of drug-likeness (QED) is 0.605. The van der Waals surface area contributed by atoms with Gasteiger partial charge in [0.15, 0.2) is 0 Å². The van der Waals surface area contributed by atoms with Gasteiger partial charge in [0.2, 0.25) is 0 Å². The van der Waals surface area contributed by atoms with Crippen LogP contribution >= 0.6 is 0 Å². The standard InChI is InChI=1S/C13H21N3O3/c1-10-5-6-11(7-12(10)16(18)19)14-8-13(2,17)9-15(3)4/h5-7,14,17H,8-9H2,1-4H3. The minimum absolute atomic E-state index is 0.0808.